The summed E-state index contributed by atoms with van der Waals surface area (Å²) < 4.78 is 11.1. The molecule has 1 heterocycles. The largest absolute Gasteiger partial charge is 0.381 e. The van der Waals surface area contributed by atoms with Gasteiger partial charge in [0.05, 0.1) is 12.7 Å². The Bertz CT molecular complexity index is 439. The summed E-state index contributed by atoms with van der Waals surface area (Å²) in [7, 11) is 0. The summed E-state index contributed by atoms with van der Waals surface area (Å²) in [6, 6.07) is 10.3. The van der Waals surface area contributed by atoms with E-state index in [1.54, 1.807) is 0 Å². The molecule has 0 bridgehead atoms. The third-order valence-corrected chi connectivity index (χ3v) is 3.81. The van der Waals surface area contributed by atoms with Gasteiger partial charge in [-0.15, -0.1) is 0 Å². The van der Waals surface area contributed by atoms with E-state index in [2.05, 4.69) is 17.4 Å². The second kappa shape index (κ2) is 9.56. The van der Waals surface area contributed by atoms with Crippen LogP contribution < -0.4 is 11.1 Å². The number of ether oxygens (including phenoxy) is 2. The molecule has 0 spiro atoms. The molecular weight excluding hydrogens is 280 g/mol. The molecule has 0 unspecified atom stereocenters. The molecule has 1 aromatic carbocycles. The summed E-state index contributed by atoms with van der Waals surface area (Å²) in [6.07, 6.45) is 3.08. The predicted octanol–water partition coefficient (Wildman–Crippen LogP) is 1.26. The third-order valence-electron chi connectivity index (χ3n) is 3.81. The van der Waals surface area contributed by atoms with Crippen molar-refractivity contribution in [3.05, 3.63) is 35.9 Å². The van der Waals surface area contributed by atoms with E-state index in [1.807, 2.05) is 18.2 Å². The van der Waals surface area contributed by atoms with Crippen LogP contribution in [0.5, 0.6) is 0 Å². The molecule has 5 heteroatoms. The highest BCUT2D eigenvalue weighted by Crippen LogP contribution is 2.18. The van der Waals surface area contributed by atoms with Crippen molar-refractivity contribution in [2.75, 3.05) is 26.3 Å². The Kier molecular flexibility index (Phi) is 7.36. The normalized spacial score (nSPS) is 21.0. The lowest BCUT2D eigenvalue weighted by molar-refractivity contribution is -0.131. The number of benzene rings is 1. The monoisotopic (exact) mass is 306 g/mol. The maximum atomic E-state index is 11.9. The Morgan fingerprint density at radius 1 is 1.27 bits per heavy atom. The van der Waals surface area contributed by atoms with Gasteiger partial charge >= 0.3 is 0 Å². The molecule has 1 aliphatic rings. The highest BCUT2D eigenvalue weighted by atomic mass is 16.5. The summed E-state index contributed by atoms with van der Waals surface area (Å²) in [5.74, 6) is -0.0276. The van der Waals surface area contributed by atoms with Gasteiger partial charge in [-0.1, -0.05) is 30.3 Å². The zero-order valence-electron chi connectivity index (χ0n) is 13.0. The molecule has 1 fully saturated rings. The standard InChI is InChI=1S/C17H26N2O3/c18-13-15-7-8-16(22-15)17(20)19-10-4-11-21-12-9-14-5-2-1-3-6-14/h1-3,5-6,15-16H,4,7-13,18H2,(H,19,20)/t15-,16+/m1/s1. The molecule has 3 N–H and O–H groups in total. The summed E-state index contributed by atoms with van der Waals surface area (Å²) in [6.45, 7) is 2.47. The zero-order valence-corrected chi connectivity index (χ0v) is 13.0. The van der Waals surface area contributed by atoms with Gasteiger partial charge in [0.1, 0.15) is 6.10 Å². The van der Waals surface area contributed by atoms with E-state index < -0.39 is 0 Å². The van der Waals surface area contributed by atoms with E-state index in [9.17, 15) is 4.79 Å². The first-order valence-corrected chi connectivity index (χ1v) is 8.04. The Labute approximate surface area is 132 Å². The number of amides is 1. The molecule has 122 valence electrons. The maximum absolute atomic E-state index is 11.9. The van der Waals surface area contributed by atoms with Gasteiger partial charge in [-0.2, -0.15) is 0 Å². The summed E-state index contributed by atoms with van der Waals surface area (Å²) in [4.78, 5) is 11.9. The molecule has 2 atom stereocenters. The summed E-state index contributed by atoms with van der Waals surface area (Å²) in [5, 5.41) is 2.89. The molecule has 1 aliphatic heterocycles. The van der Waals surface area contributed by atoms with E-state index in [4.69, 9.17) is 15.2 Å². The fourth-order valence-corrected chi connectivity index (χ4v) is 2.51. The van der Waals surface area contributed by atoms with E-state index in [0.29, 0.717) is 26.3 Å². The van der Waals surface area contributed by atoms with Crippen LogP contribution in [-0.4, -0.2) is 44.4 Å². The van der Waals surface area contributed by atoms with Gasteiger partial charge in [0.15, 0.2) is 0 Å². The molecule has 1 aromatic rings. The molecule has 2 rings (SSSR count). The number of carbonyl (C=O) groups is 1. The Morgan fingerprint density at radius 2 is 2.09 bits per heavy atom. The molecular formula is C17H26N2O3. The number of nitrogens with two attached hydrogens (primary N) is 1. The lowest BCUT2D eigenvalue weighted by Crippen LogP contribution is -2.36. The van der Waals surface area contributed by atoms with E-state index >= 15 is 0 Å². The second-order valence-corrected chi connectivity index (χ2v) is 5.55. The van der Waals surface area contributed by atoms with Crippen molar-refractivity contribution in [2.45, 2.75) is 37.9 Å². The van der Waals surface area contributed by atoms with Crippen LogP contribution in [0.25, 0.3) is 0 Å². The minimum Gasteiger partial charge on any atom is -0.381 e. The van der Waals surface area contributed by atoms with Crippen molar-refractivity contribution in [3.8, 4) is 0 Å². The zero-order chi connectivity index (χ0) is 15.6. The van der Waals surface area contributed by atoms with Gasteiger partial charge in [-0.05, 0) is 31.2 Å². The average molecular weight is 306 g/mol. The quantitative estimate of drug-likeness (QED) is 0.674. The number of carbonyl (C=O) groups excluding carboxylic acids is 1. The molecule has 1 saturated heterocycles. The first-order chi connectivity index (χ1) is 10.8. The minimum atomic E-state index is -0.326. The lowest BCUT2D eigenvalue weighted by atomic mass is 10.2. The number of hydrogen-bond donors (Lipinski definition) is 2. The highest BCUT2D eigenvalue weighted by molar-refractivity contribution is 5.80. The SMILES string of the molecule is NC[C@H]1CC[C@@H](C(=O)NCCCOCCc2ccccc2)O1. The molecule has 0 aromatic heterocycles. The molecule has 1 amide bonds. The van der Waals surface area contributed by atoms with E-state index in [0.717, 1.165) is 25.7 Å². The fourth-order valence-electron chi connectivity index (χ4n) is 2.51. The van der Waals surface area contributed by atoms with Gasteiger partial charge in [0, 0.05) is 19.7 Å². The first kappa shape index (κ1) is 16.9. The maximum Gasteiger partial charge on any atom is 0.249 e. The Hall–Kier alpha value is -1.43. The van der Waals surface area contributed by atoms with Crippen LogP contribution in [0.1, 0.15) is 24.8 Å². The molecule has 0 radical (unpaired) electrons. The van der Waals surface area contributed by atoms with Crippen LogP contribution in [0.3, 0.4) is 0 Å². The van der Waals surface area contributed by atoms with Gasteiger partial charge < -0.3 is 20.5 Å². The second-order valence-electron chi connectivity index (χ2n) is 5.55. The van der Waals surface area contributed by atoms with Crippen molar-refractivity contribution in [3.63, 3.8) is 0 Å². The van der Waals surface area contributed by atoms with Crippen molar-refractivity contribution >= 4 is 5.91 Å². The van der Waals surface area contributed by atoms with Gasteiger partial charge in [0.2, 0.25) is 5.91 Å². The van der Waals surface area contributed by atoms with Gasteiger partial charge in [-0.25, -0.2) is 0 Å². The minimum absolute atomic E-state index is 0.0276. The van der Waals surface area contributed by atoms with Crippen LogP contribution >= 0.6 is 0 Å². The Morgan fingerprint density at radius 3 is 2.82 bits per heavy atom. The highest BCUT2D eigenvalue weighted by Gasteiger charge is 2.29. The number of rotatable bonds is 9. The lowest BCUT2D eigenvalue weighted by Gasteiger charge is -2.12. The predicted molar refractivity (Wildman–Crippen MR) is 85.5 cm³/mol. The van der Waals surface area contributed by atoms with Crippen LogP contribution in [-0.2, 0) is 20.7 Å². The van der Waals surface area contributed by atoms with Crippen LogP contribution in [0, 0.1) is 0 Å². The number of hydrogen-bond acceptors (Lipinski definition) is 4. The smallest absolute Gasteiger partial charge is 0.249 e. The van der Waals surface area contributed by atoms with Gasteiger partial charge in [-0.3, -0.25) is 4.79 Å². The van der Waals surface area contributed by atoms with E-state index in [-0.39, 0.29) is 18.1 Å². The third kappa shape index (κ3) is 5.75. The molecule has 0 aliphatic carbocycles. The summed E-state index contributed by atoms with van der Waals surface area (Å²) in [5.41, 5.74) is 6.81. The molecule has 5 nitrogen and oxygen atoms in total. The van der Waals surface area contributed by atoms with Crippen molar-refractivity contribution < 1.29 is 14.3 Å². The van der Waals surface area contributed by atoms with Crippen LogP contribution in [0.2, 0.25) is 0 Å². The van der Waals surface area contributed by atoms with Gasteiger partial charge in [0.25, 0.3) is 0 Å². The van der Waals surface area contributed by atoms with Crippen molar-refractivity contribution in [2.24, 2.45) is 5.73 Å². The van der Waals surface area contributed by atoms with Crippen LogP contribution in [0.15, 0.2) is 30.3 Å². The fraction of sp³-hybridized carbons (Fsp3) is 0.588. The summed E-state index contributed by atoms with van der Waals surface area (Å²) >= 11 is 0. The molecule has 0 saturated carbocycles. The van der Waals surface area contributed by atoms with E-state index in [1.165, 1.54) is 5.56 Å². The Balaban J connectivity index is 1.46. The van der Waals surface area contributed by atoms with Crippen LogP contribution in [0.4, 0.5) is 0 Å². The number of nitrogens with one attached hydrogen (secondary N) is 1. The molecule has 22 heavy (non-hydrogen) atoms. The average Bonchev–Trinajstić information content (AvgIpc) is 3.04. The van der Waals surface area contributed by atoms with Crippen molar-refractivity contribution in [1.82, 2.24) is 5.32 Å². The van der Waals surface area contributed by atoms with Crippen molar-refractivity contribution in [1.29, 1.82) is 0 Å². The first-order valence-electron chi connectivity index (χ1n) is 8.04. The topological polar surface area (TPSA) is 73.6 Å².